The number of aliphatic carboxylic acids is 1. The molecule has 2 aromatic rings. The highest BCUT2D eigenvalue weighted by Crippen LogP contribution is 2.21. The summed E-state index contributed by atoms with van der Waals surface area (Å²) in [6.07, 6.45) is 1.59. The zero-order valence-corrected chi connectivity index (χ0v) is 16.4. The van der Waals surface area contributed by atoms with Crippen molar-refractivity contribution in [2.75, 3.05) is 6.26 Å². The predicted molar refractivity (Wildman–Crippen MR) is 102 cm³/mol. The van der Waals surface area contributed by atoms with Crippen molar-refractivity contribution in [1.29, 1.82) is 0 Å². The number of sulfone groups is 1. The molecule has 0 radical (unpaired) electrons. The number of carbonyl (C=O) groups is 2. The maximum Gasteiger partial charge on any atom is 0.326 e. The molecule has 1 amide bonds. The number of hydrogen-bond acceptors (Lipinski definition) is 4. The molecule has 0 bridgehead atoms. The van der Waals surface area contributed by atoms with Crippen molar-refractivity contribution >= 4 is 21.7 Å². The van der Waals surface area contributed by atoms with Crippen molar-refractivity contribution in [2.24, 2.45) is 0 Å². The molecule has 0 aliphatic carbocycles. The number of hydrogen-bond donors (Lipinski definition) is 1. The Balaban J connectivity index is 2.52. The molecule has 1 atom stereocenters. The van der Waals surface area contributed by atoms with E-state index >= 15 is 0 Å². The number of carboxylic acids is 1. The monoisotopic (exact) mass is 389 g/mol. The summed E-state index contributed by atoms with van der Waals surface area (Å²) in [6, 6.07) is 12.4. The Kier molecular flexibility index (Phi) is 6.38. The van der Waals surface area contributed by atoms with Gasteiger partial charge in [0, 0.05) is 18.4 Å². The van der Waals surface area contributed by atoms with E-state index in [1.165, 1.54) is 24.0 Å². The first-order valence-electron chi connectivity index (χ1n) is 8.55. The lowest BCUT2D eigenvalue weighted by atomic mass is 10.0. The van der Waals surface area contributed by atoms with E-state index in [4.69, 9.17) is 0 Å². The number of carboxylic acid groups (broad SMARTS) is 1. The van der Waals surface area contributed by atoms with Crippen LogP contribution in [0.3, 0.4) is 0 Å². The van der Waals surface area contributed by atoms with Crippen molar-refractivity contribution in [3.05, 3.63) is 65.2 Å². The van der Waals surface area contributed by atoms with Crippen molar-refractivity contribution in [3.63, 3.8) is 0 Å². The minimum atomic E-state index is -3.49. The van der Waals surface area contributed by atoms with Gasteiger partial charge >= 0.3 is 5.97 Å². The van der Waals surface area contributed by atoms with Crippen molar-refractivity contribution in [1.82, 2.24) is 4.90 Å². The molecule has 1 N–H and O–H groups in total. The standard InChI is InChI=1S/C20H23NO5S/c1-4-16-10-11-17(27(3,25)26)12-18(16)19(22)21(14(2)20(23)24)13-15-8-6-5-7-9-15/h5-12,14H,4,13H2,1-3H3,(H,23,24). The summed E-state index contributed by atoms with van der Waals surface area (Å²) in [6.45, 7) is 3.41. The maximum absolute atomic E-state index is 13.2. The molecule has 6 nitrogen and oxygen atoms in total. The minimum Gasteiger partial charge on any atom is -0.480 e. The van der Waals surface area contributed by atoms with Gasteiger partial charge in [0.2, 0.25) is 0 Å². The lowest BCUT2D eigenvalue weighted by molar-refractivity contribution is -0.141. The lowest BCUT2D eigenvalue weighted by Gasteiger charge is -2.28. The summed E-state index contributed by atoms with van der Waals surface area (Å²) in [4.78, 5) is 26.1. The van der Waals surface area contributed by atoms with E-state index in [0.717, 1.165) is 11.8 Å². The number of carbonyl (C=O) groups excluding carboxylic acids is 1. The second-order valence-corrected chi connectivity index (χ2v) is 8.39. The number of nitrogens with zero attached hydrogens (tertiary/aromatic N) is 1. The summed E-state index contributed by atoms with van der Waals surface area (Å²) >= 11 is 0. The van der Waals surface area contributed by atoms with Crippen molar-refractivity contribution < 1.29 is 23.1 Å². The largest absolute Gasteiger partial charge is 0.480 e. The topological polar surface area (TPSA) is 91.8 Å². The van der Waals surface area contributed by atoms with Gasteiger partial charge in [-0.15, -0.1) is 0 Å². The van der Waals surface area contributed by atoms with Crippen LogP contribution in [0.1, 0.15) is 35.3 Å². The van der Waals surface area contributed by atoms with Crippen LogP contribution in [0.4, 0.5) is 0 Å². The molecule has 0 aromatic heterocycles. The average molecular weight is 389 g/mol. The molecule has 0 aliphatic heterocycles. The Morgan fingerprint density at radius 1 is 1.11 bits per heavy atom. The molecular formula is C20H23NO5S. The number of aryl methyl sites for hydroxylation is 1. The summed E-state index contributed by atoms with van der Waals surface area (Å²) in [5.41, 5.74) is 1.67. The van der Waals surface area contributed by atoms with E-state index < -0.39 is 27.8 Å². The van der Waals surface area contributed by atoms with Gasteiger partial charge in [0.25, 0.3) is 5.91 Å². The van der Waals surface area contributed by atoms with E-state index in [1.54, 1.807) is 6.07 Å². The third kappa shape index (κ3) is 4.95. The smallest absolute Gasteiger partial charge is 0.326 e. The highest BCUT2D eigenvalue weighted by Gasteiger charge is 2.28. The summed E-state index contributed by atoms with van der Waals surface area (Å²) in [5, 5.41) is 9.45. The van der Waals surface area contributed by atoms with Crippen molar-refractivity contribution in [3.8, 4) is 0 Å². The molecule has 7 heteroatoms. The van der Waals surface area contributed by atoms with Crippen LogP contribution in [-0.4, -0.2) is 42.6 Å². The summed E-state index contributed by atoms with van der Waals surface area (Å²) in [5.74, 6) is -1.63. The van der Waals surface area contributed by atoms with Gasteiger partial charge in [0.05, 0.1) is 4.90 Å². The van der Waals surface area contributed by atoms with E-state index in [9.17, 15) is 23.1 Å². The van der Waals surface area contributed by atoms with E-state index in [-0.39, 0.29) is 17.0 Å². The van der Waals surface area contributed by atoms with Gasteiger partial charge in [-0.1, -0.05) is 43.3 Å². The molecule has 0 aliphatic rings. The molecule has 0 saturated carbocycles. The fourth-order valence-electron chi connectivity index (χ4n) is 2.75. The molecule has 1 unspecified atom stereocenters. The highest BCUT2D eigenvalue weighted by molar-refractivity contribution is 7.90. The van der Waals surface area contributed by atoms with Gasteiger partial charge in [-0.2, -0.15) is 0 Å². The second-order valence-electron chi connectivity index (χ2n) is 6.38. The fourth-order valence-corrected chi connectivity index (χ4v) is 3.39. The second kappa shape index (κ2) is 8.35. The van der Waals surface area contributed by atoms with Gasteiger partial charge < -0.3 is 10.0 Å². The SMILES string of the molecule is CCc1ccc(S(C)(=O)=O)cc1C(=O)N(Cc1ccccc1)C(C)C(=O)O. The molecule has 144 valence electrons. The third-order valence-electron chi connectivity index (χ3n) is 4.40. The molecule has 2 aromatic carbocycles. The minimum absolute atomic E-state index is 0.0330. The molecule has 27 heavy (non-hydrogen) atoms. The number of amides is 1. The van der Waals surface area contributed by atoms with Gasteiger partial charge in [0.15, 0.2) is 9.84 Å². The van der Waals surface area contributed by atoms with Crippen LogP contribution < -0.4 is 0 Å². The molecule has 0 saturated heterocycles. The molecule has 2 rings (SSSR count). The highest BCUT2D eigenvalue weighted by atomic mass is 32.2. The van der Waals surface area contributed by atoms with Gasteiger partial charge in [-0.3, -0.25) is 4.79 Å². The van der Waals surface area contributed by atoms with Gasteiger partial charge in [-0.25, -0.2) is 13.2 Å². The van der Waals surface area contributed by atoms with Crippen LogP contribution >= 0.6 is 0 Å². The molecular weight excluding hydrogens is 366 g/mol. The normalized spacial score (nSPS) is 12.4. The summed E-state index contributed by atoms with van der Waals surface area (Å²) < 4.78 is 23.8. The fraction of sp³-hybridized carbons (Fsp3) is 0.300. The Bertz CT molecular complexity index is 938. The quantitative estimate of drug-likeness (QED) is 0.786. The molecule has 0 heterocycles. The first-order chi connectivity index (χ1) is 12.6. The average Bonchev–Trinajstić information content (AvgIpc) is 2.64. The Morgan fingerprint density at radius 2 is 1.74 bits per heavy atom. The van der Waals surface area contributed by atoms with E-state index in [0.29, 0.717) is 12.0 Å². The van der Waals surface area contributed by atoms with Crippen molar-refractivity contribution in [2.45, 2.75) is 37.8 Å². The first kappa shape index (κ1) is 20.6. The van der Waals surface area contributed by atoms with Gasteiger partial charge in [0.1, 0.15) is 6.04 Å². The number of rotatable bonds is 7. The summed E-state index contributed by atoms with van der Waals surface area (Å²) in [7, 11) is -3.49. The Labute approximate surface area is 159 Å². The van der Waals surface area contributed by atoms with Crippen LogP contribution in [-0.2, 0) is 27.6 Å². The zero-order chi connectivity index (χ0) is 20.2. The number of benzene rings is 2. The van der Waals surface area contributed by atoms with Crippen LogP contribution in [0.15, 0.2) is 53.4 Å². The Morgan fingerprint density at radius 3 is 2.26 bits per heavy atom. The van der Waals surface area contributed by atoms with Crippen LogP contribution in [0.5, 0.6) is 0 Å². The third-order valence-corrected chi connectivity index (χ3v) is 5.51. The molecule has 0 spiro atoms. The van der Waals surface area contributed by atoms with Crippen LogP contribution in [0.25, 0.3) is 0 Å². The lowest BCUT2D eigenvalue weighted by Crippen LogP contribution is -2.43. The predicted octanol–water partition coefficient (Wildman–Crippen LogP) is 2.77. The van der Waals surface area contributed by atoms with E-state index in [2.05, 4.69) is 0 Å². The Hall–Kier alpha value is -2.67. The van der Waals surface area contributed by atoms with E-state index in [1.807, 2.05) is 37.3 Å². The van der Waals surface area contributed by atoms with Gasteiger partial charge in [-0.05, 0) is 36.6 Å². The maximum atomic E-state index is 13.2. The van der Waals surface area contributed by atoms with Crippen LogP contribution in [0, 0.1) is 0 Å². The van der Waals surface area contributed by atoms with Crippen LogP contribution in [0.2, 0.25) is 0 Å². The zero-order valence-electron chi connectivity index (χ0n) is 15.5. The molecule has 0 fully saturated rings. The first-order valence-corrected chi connectivity index (χ1v) is 10.4.